The van der Waals surface area contributed by atoms with E-state index in [9.17, 15) is 4.79 Å². The summed E-state index contributed by atoms with van der Waals surface area (Å²) in [6, 6.07) is 10.6. The number of thioether (sulfide) groups is 1. The summed E-state index contributed by atoms with van der Waals surface area (Å²) in [5.74, 6) is 1.40. The van der Waals surface area contributed by atoms with Crippen LogP contribution in [0.15, 0.2) is 38.0 Å². The third kappa shape index (κ3) is 4.70. The molecule has 1 heterocycles. The normalized spacial score (nSPS) is 10.2. The van der Waals surface area contributed by atoms with Crippen LogP contribution in [0.25, 0.3) is 11.3 Å². The second-order valence-electron chi connectivity index (χ2n) is 4.23. The fourth-order valence-corrected chi connectivity index (χ4v) is 3.06. The van der Waals surface area contributed by atoms with Crippen molar-refractivity contribution in [2.24, 2.45) is 0 Å². The molecule has 2 aromatic rings. The van der Waals surface area contributed by atoms with E-state index in [1.165, 1.54) is 0 Å². The Bertz CT molecular complexity index is 706. The molecule has 0 amide bonds. The van der Waals surface area contributed by atoms with Gasteiger partial charge in [-0.05, 0) is 34.3 Å². The zero-order chi connectivity index (χ0) is 15.4. The van der Waals surface area contributed by atoms with Crippen LogP contribution in [0.3, 0.4) is 0 Å². The smallest absolute Gasteiger partial charge is 0.208 e. The minimum Gasteiger partial charge on any atom is -0.483 e. The first kappa shape index (κ1) is 20.4. The Kier molecular flexibility index (Phi) is 8.94. The monoisotopic (exact) mass is 519 g/mol. The number of aromatic nitrogens is 1. The van der Waals surface area contributed by atoms with Gasteiger partial charge in [0.15, 0.2) is 0 Å². The molecule has 0 fully saturated rings. The van der Waals surface area contributed by atoms with Gasteiger partial charge >= 0.3 is 0 Å². The number of rotatable bonds is 5. The average Bonchev–Trinajstić information content (AvgIpc) is 2.48. The van der Waals surface area contributed by atoms with Crippen LogP contribution in [0, 0.1) is 6.07 Å². The quantitative estimate of drug-likeness (QED) is 0.428. The molecule has 0 unspecified atom stereocenters. The van der Waals surface area contributed by atoms with Crippen LogP contribution in [0.5, 0.6) is 5.75 Å². The van der Waals surface area contributed by atoms with Gasteiger partial charge < -0.3 is 9.30 Å². The van der Waals surface area contributed by atoms with Crippen LogP contribution in [-0.2, 0) is 39.3 Å². The van der Waals surface area contributed by atoms with Gasteiger partial charge in [0.2, 0.25) is 5.56 Å². The van der Waals surface area contributed by atoms with Crippen molar-refractivity contribution in [1.29, 1.82) is 0 Å². The largest absolute Gasteiger partial charge is 0.483 e. The van der Waals surface area contributed by atoms with Gasteiger partial charge in [-0.25, -0.2) is 0 Å². The van der Waals surface area contributed by atoms with Crippen molar-refractivity contribution in [2.75, 3.05) is 12.2 Å². The molecule has 0 bridgehead atoms. The summed E-state index contributed by atoms with van der Waals surface area (Å²) in [6.07, 6.45) is 1.99. The second kappa shape index (κ2) is 9.62. The first-order chi connectivity index (χ1) is 10.1. The first-order valence-electron chi connectivity index (χ1n) is 6.31. The fraction of sp³-hybridized carbons (Fsp3) is 0.267. The molecule has 0 spiro atoms. The predicted molar refractivity (Wildman–Crippen MR) is 95.1 cm³/mol. The van der Waals surface area contributed by atoms with E-state index >= 15 is 0 Å². The maximum atomic E-state index is 12.2. The Hall–Kier alpha value is 0.384. The summed E-state index contributed by atoms with van der Waals surface area (Å²) in [7, 11) is 0. The van der Waals surface area contributed by atoms with E-state index in [2.05, 4.69) is 37.9 Å². The first-order valence-corrected chi connectivity index (χ1v) is 9.29. The van der Waals surface area contributed by atoms with Crippen molar-refractivity contribution < 1.29 is 37.4 Å². The summed E-state index contributed by atoms with van der Waals surface area (Å²) >= 11 is 8.42. The molecular weight excluding hydrogens is 507 g/mol. The van der Waals surface area contributed by atoms with Crippen LogP contribution >= 0.6 is 43.6 Å². The molecule has 1 aromatic carbocycles. The van der Waals surface area contributed by atoms with E-state index in [4.69, 9.17) is 4.74 Å². The van der Waals surface area contributed by atoms with Gasteiger partial charge in [-0.3, -0.25) is 4.79 Å². The van der Waals surface area contributed by atoms with Gasteiger partial charge in [-0.2, -0.15) is 12.1 Å². The number of benzene rings is 1. The van der Waals surface area contributed by atoms with Crippen LogP contribution in [0.1, 0.15) is 6.92 Å². The number of pyridine rings is 1. The van der Waals surface area contributed by atoms with Crippen molar-refractivity contribution in [1.82, 2.24) is 4.57 Å². The third-order valence-corrected chi connectivity index (χ3v) is 4.49. The minimum absolute atomic E-state index is 0. The van der Waals surface area contributed by atoms with Gasteiger partial charge in [0.25, 0.3) is 0 Å². The average molecular weight is 521 g/mol. The zero-order valence-corrected chi connectivity index (χ0v) is 19.1. The van der Waals surface area contributed by atoms with Crippen molar-refractivity contribution >= 4 is 43.6 Å². The molecule has 0 saturated heterocycles. The van der Waals surface area contributed by atoms with Crippen molar-refractivity contribution in [3.05, 3.63) is 49.6 Å². The number of halogens is 2. The molecule has 7 heteroatoms. The number of ether oxygens (including phenoxy) is 1. The van der Waals surface area contributed by atoms with E-state index in [0.29, 0.717) is 17.0 Å². The SMILES string of the molecule is CCn1c(-c2ccc(OCSC)cc2Br)[c-]cc(Br)c1=O.[Y]. The maximum absolute atomic E-state index is 12.2. The van der Waals surface area contributed by atoms with E-state index in [1.54, 1.807) is 22.4 Å². The van der Waals surface area contributed by atoms with Crippen LogP contribution in [0.2, 0.25) is 0 Å². The summed E-state index contributed by atoms with van der Waals surface area (Å²) in [5.41, 5.74) is 1.62. The number of hydrogen-bond donors (Lipinski definition) is 0. The number of nitrogens with zero attached hydrogens (tertiary/aromatic N) is 1. The molecule has 3 nitrogen and oxygen atoms in total. The molecule has 0 N–H and O–H groups in total. The molecule has 0 saturated carbocycles. The van der Waals surface area contributed by atoms with Crippen molar-refractivity contribution in [3.8, 4) is 17.0 Å². The van der Waals surface area contributed by atoms with Gasteiger partial charge in [-0.1, -0.05) is 27.2 Å². The Morgan fingerprint density at radius 1 is 1.32 bits per heavy atom. The van der Waals surface area contributed by atoms with Crippen LogP contribution < -0.4 is 10.3 Å². The molecule has 0 aliphatic rings. The molecule has 0 atom stereocenters. The predicted octanol–water partition coefficient (Wildman–Crippen LogP) is 4.56. The summed E-state index contributed by atoms with van der Waals surface area (Å²) in [4.78, 5) is 12.2. The third-order valence-electron chi connectivity index (χ3n) is 2.91. The standard InChI is InChI=1S/C15H14Br2NO2S.Y/c1-3-18-14(7-6-12(16)15(18)19)11-5-4-10(8-13(11)17)20-9-21-2;/h4-6,8H,3,9H2,1-2H3;/q-1;. The van der Waals surface area contributed by atoms with Gasteiger partial charge in [0, 0.05) is 39.3 Å². The van der Waals surface area contributed by atoms with E-state index < -0.39 is 0 Å². The zero-order valence-electron chi connectivity index (χ0n) is 12.2. The molecular formula is C15H14Br2NO2SY-. The van der Waals surface area contributed by atoms with E-state index in [0.717, 1.165) is 21.5 Å². The van der Waals surface area contributed by atoms with Gasteiger partial charge in [-0.15, -0.1) is 33.8 Å². The van der Waals surface area contributed by atoms with E-state index in [1.807, 2.05) is 31.4 Å². The van der Waals surface area contributed by atoms with Crippen molar-refractivity contribution in [2.45, 2.75) is 13.5 Å². The van der Waals surface area contributed by atoms with Gasteiger partial charge in [0.1, 0.15) is 11.7 Å². The second-order valence-corrected chi connectivity index (χ2v) is 6.75. The minimum atomic E-state index is -0.0548. The molecule has 0 aliphatic heterocycles. The van der Waals surface area contributed by atoms with Crippen molar-refractivity contribution in [3.63, 3.8) is 0 Å². The Balaban J connectivity index is 0.00000242. The maximum Gasteiger partial charge on any atom is 0.208 e. The molecule has 1 radical (unpaired) electrons. The summed E-state index contributed by atoms with van der Waals surface area (Å²) < 4.78 is 8.65. The Labute approximate surface area is 176 Å². The molecule has 0 aliphatic carbocycles. The fourth-order valence-electron chi connectivity index (χ4n) is 1.93. The summed E-state index contributed by atoms with van der Waals surface area (Å²) in [6.45, 7) is 2.52. The summed E-state index contributed by atoms with van der Waals surface area (Å²) in [5, 5.41) is 0. The van der Waals surface area contributed by atoms with Gasteiger partial charge in [0.05, 0.1) is 0 Å². The number of hydrogen-bond acceptors (Lipinski definition) is 3. The van der Waals surface area contributed by atoms with E-state index in [-0.39, 0.29) is 38.3 Å². The molecule has 22 heavy (non-hydrogen) atoms. The molecule has 1 aromatic heterocycles. The van der Waals surface area contributed by atoms with Crippen LogP contribution in [-0.4, -0.2) is 16.8 Å². The van der Waals surface area contributed by atoms with Crippen LogP contribution in [0.4, 0.5) is 0 Å². The topological polar surface area (TPSA) is 31.2 Å². The molecule has 2 rings (SSSR count). The Morgan fingerprint density at radius 2 is 2.05 bits per heavy atom. The molecule has 115 valence electrons. The Morgan fingerprint density at radius 3 is 2.64 bits per heavy atom.